The highest BCUT2D eigenvalue weighted by Gasteiger charge is 2.24. The highest BCUT2D eigenvalue weighted by molar-refractivity contribution is 6.37. The molecule has 4 rings (SSSR count). The number of carbonyl (C=O) groups is 1. The highest BCUT2D eigenvalue weighted by Crippen LogP contribution is 2.35. The summed E-state index contributed by atoms with van der Waals surface area (Å²) in [5, 5.41) is 27.1. The number of carbonyl (C=O) groups excluding carboxylic acids is 1. The van der Waals surface area contributed by atoms with Gasteiger partial charge in [-0.2, -0.15) is 9.94 Å². The monoisotopic (exact) mass is 578 g/mol. The predicted molar refractivity (Wildman–Crippen MR) is 139 cm³/mol. The molecule has 2 N–H and O–H groups in total. The van der Waals surface area contributed by atoms with Crippen molar-refractivity contribution < 1.29 is 24.1 Å². The Labute approximate surface area is 231 Å². The maximum atomic E-state index is 13.1. The lowest BCUT2D eigenvalue weighted by Crippen LogP contribution is -2.43. The number of hydrogen-bond donors (Lipinski definition) is 2. The van der Waals surface area contributed by atoms with Crippen molar-refractivity contribution in [2.75, 3.05) is 0 Å². The van der Waals surface area contributed by atoms with Gasteiger partial charge in [0.2, 0.25) is 11.6 Å². The van der Waals surface area contributed by atoms with Gasteiger partial charge >= 0.3 is 11.8 Å². The molecule has 1 aliphatic carbocycles. The summed E-state index contributed by atoms with van der Waals surface area (Å²) >= 11 is 12.8. The number of aliphatic hydroxyl groups excluding tert-OH is 1. The quantitative estimate of drug-likeness (QED) is 0.485. The minimum Gasteiger partial charge on any atom is -0.434 e. The summed E-state index contributed by atoms with van der Waals surface area (Å²) in [6, 6.07) is 4.17. The molecule has 1 atom stereocenters. The van der Waals surface area contributed by atoms with Gasteiger partial charge in [0.05, 0.1) is 15.7 Å². The lowest BCUT2D eigenvalue weighted by atomic mass is 10.0. The molecular weight excluding hydrogens is 555 g/mol. The summed E-state index contributed by atoms with van der Waals surface area (Å²) in [6.07, 6.45) is 2.53. The van der Waals surface area contributed by atoms with Gasteiger partial charge in [0.1, 0.15) is 12.2 Å². The van der Waals surface area contributed by atoms with Crippen LogP contribution in [0, 0.1) is 17.2 Å². The fourth-order valence-electron chi connectivity index (χ4n) is 4.02. The Morgan fingerprint density at radius 1 is 1.26 bits per heavy atom. The zero-order chi connectivity index (χ0) is 28.3. The van der Waals surface area contributed by atoms with Gasteiger partial charge in [0, 0.05) is 6.08 Å². The molecule has 1 fully saturated rings. The second-order valence-electron chi connectivity index (χ2n) is 9.06. The van der Waals surface area contributed by atoms with Crippen molar-refractivity contribution in [3.05, 3.63) is 60.4 Å². The standard InChI is InChI=1S/C24H24Cl2N6O7/c1-12(2)15-9-19(28-29-21(15)33)39-20-16(25)7-13(8-17(20)26)32-23(35)31(22(34)18(10-27)30-32)11-37-24(36)38-14-5-3-4-6-14/h7-9,12,14,21,29,33H,3-6,11H2,1-2H3. The molecular formula is C24H24Cl2N6O7. The Hall–Kier alpha value is -3.86. The second-order valence-corrected chi connectivity index (χ2v) is 9.87. The van der Waals surface area contributed by atoms with Gasteiger partial charge in [-0.1, -0.05) is 37.0 Å². The average Bonchev–Trinajstić information content (AvgIpc) is 3.40. The number of benzene rings is 1. The van der Waals surface area contributed by atoms with E-state index in [1.165, 1.54) is 12.1 Å². The minimum atomic E-state index is -1.05. The van der Waals surface area contributed by atoms with E-state index in [0.717, 1.165) is 17.5 Å². The third-order valence-corrected chi connectivity index (χ3v) is 6.61. The van der Waals surface area contributed by atoms with Gasteiger partial charge in [-0.15, -0.1) is 10.2 Å². The Morgan fingerprint density at radius 2 is 1.92 bits per heavy atom. The first kappa shape index (κ1) is 28.2. The molecule has 2 aliphatic rings. The van der Waals surface area contributed by atoms with Crippen LogP contribution in [-0.4, -0.2) is 43.8 Å². The van der Waals surface area contributed by atoms with E-state index < -0.39 is 36.1 Å². The lowest BCUT2D eigenvalue weighted by molar-refractivity contribution is 0.00654. The summed E-state index contributed by atoms with van der Waals surface area (Å²) in [6.45, 7) is 2.97. The van der Waals surface area contributed by atoms with Gasteiger partial charge in [0.15, 0.2) is 18.7 Å². The molecule has 0 spiro atoms. The molecule has 1 saturated carbocycles. The number of aromatic nitrogens is 3. The molecule has 0 bridgehead atoms. The van der Waals surface area contributed by atoms with Crippen LogP contribution in [0.1, 0.15) is 45.2 Å². The maximum absolute atomic E-state index is 13.1. The summed E-state index contributed by atoms with van der Waals surface area (Å²) in [4.78, 5) is 37.7. The lowest BCUT2D eigenvalue weighted by Gasteiger charge is -2.23. The Kier molecular flexibility index (Phi) is 8.59. The van der Waals surface area contributed by atoms with Crippen molar-refractivity contribution in [3.8, 4) is 17.5 Å². The predicted octanol–water partition coefficient (Wildman–Crippen LogP) is 2.82. The second kappa shape index (κ2) is 11.9. The topological polar surface area (TPSA) is 170 Å². The molecule has 39 heavy (non-hydrogen) atoms. The van der Waals surface area contributed by atoms with Crippen molar-refractivity contribution in [3.63, 3.8) is 0 Å². The molecule has 2 aromatic rings. The number of aliphatic hydroxyl groups is 1. The molecule has 206 valence electrons. The van der Waals surface area contributed by atoms with Gasteiger partial charge in [-0.05, 0) is 49.3 Å². The minimum absolute atomic E-state index is 0.00123. The van der Waals surface area contributed by atoms with Crippen LogP contribution in [0.5, 0.6) is 5.75 Å². The Morgan fingerprint density at radius 3 is 2.54 bits per heavy atom. The van der Waals surface area contributed by atoms with Gasteiger partial charge < -0.3 is 19.3 Å². The SMILES string of the molecule is CC(C)C1=CC(Oc2c(Cl)cc(-n3nc(C#N)c(=O)n(COC(=O)OC4CCCC4)c3=O)cc2Cl)=NNC1O. The van der Waals surface area contributed by atoms with Crippen molar-refractivity contribution in [2.45, 2.75) is 58.6 Å². The molecule has 1 aromatic carbocycles. The van der Waals surface area contributed by atoms with E-state index in [2.05, 4.69) is 15.6 Å². The zero-order valence-electron chi connectivity index (χ0n) is 20.9. The fraction of sp³-hybridized carbons (Fsp3) is 0.417. The van der Waals surface area contributed by atoms with E-state index in [0.29, 0.717) is 23.0 Å². The van der Waals surface area contributed by atoms with Gasteiger partial charge in [0.25, 0.3) is 5.56 Å². The number of rotatable bonds is 6. The number of nitrogens with one attached hydrogen (secondary N) is 1. The van der Waals surface area contributed by atoms with E-state index in [1.807, 2.05) is 13.8 Å². The van der Waals surface area contributed by atoms with Crippen LogP contribution in [0.25, 0.3) is 5.69 Å². The number of hydrogen-bond acceptors (Lipinski definition) is 11. The van der Waals surface area contributed by atoms with Crippen LogP contribution in [-0.2, 0) is 16.2 Å². The molecule has 0 radical (unpaired) electrons. The van der Waals surface area contributed by atoms with E-state index >= 15 is 0 Å². The van der Waals surface area contributed by atoms with Crippen LogP contribution in [0.4, 0.5) is 4.79 Å². The van der Waals surface area contributed by atoms with Gasteiger partial charge in [-0.3, -0.25) is 10.2 Å². The zero-order valence-corrected chi connectivity index (χ0v) is 22.4. The van der Waals surface area contributed by atoms with Crippen LogP contribution in [0.15, 0.2) is 38.5 Å². The number of ether oxygens (including phenoxy) is 3. The number of halogens is 2. The third-order valence-electron chi connectivity index (χ3n) is 6.05. The Balaban J connectivity index is 1.62. The Bertz CT molecular complexity index is 1480. The molecule has 0 saturated heterocycles. The summed E-state index contributed by atoms with van der Waals surface area (Å²) in [7, 11) is 0. The first-order chi connectivity index (χ1) is 18.6. The van der Waals surface area contributed by atoms with Crippen molar-refractivity contribution >= 4 is 35.3 Å². The third kappa shape index (κ3) is 6.25. The molecule has 0 amide bonds. The smallest absolute Gasteiger partial charge is 0.434 e. The first-order valence-corrected chi connectivity index (χ1v) is 12.7. The summed E-state index contributed by atoms with van der Waals surface area (Å²) < 4.78 is 17.1. The van der Waals surface area contributed by atoms with Crippen LogP contribution in [0.2, 0.25) is 10.0 Å². The first-order valence-electron chi connectivity index (χ1n) is 12.0. The van der Waals surface area contributed by atoms with E-state index in [1.54, 1.807) is 12.1 Å². The fourth-order valence-corrected chi connectivity index (χ4v) is 4.57. The molecule has 2 heterocycles. The highest BCUT2D eigenvalue weighted by atomic mass is 35.5. The molecule has 13 nitrogen and oxygen atoms in total. The molecule has 1 unspecified atom stereocenters. The van der Waals surface area contributed by atoms with E-state index in [4.69, 9.17) is 37.4 Å². The summed E-state index contributed by atoms with van der Waals surface area (Å²) in [5.41, 5.74) is 0.446. The summed E-state index contributed by atoms with van der Waals surface area (Å²) in [5.74, 6) is 0.0717. The van der Waals surface area contributed by atoms with Gasteiger partial charge in [-0.25, -0.2) is 14.2 Å². The van der Waals surface area contributed by atoms with E-state index in [-0.39, 0.29) is 39.4 Å². The average molecular weight is 579 g/mol. The molecule has 15 heteroatoms. The normalized spacial score (nSPS) is 17.2. The number of hydrazone groups is 1. The van der Waals surface area contributed by atoms with Crippen LogP contribution < -0.4 is 21.4 Å². The molecule has 1 aliphatic heterocycles. The van der Waals surface area contributed by atoms with Crippen LogP contribution >= 0.6 is 23.2 Å². The number of nitriles is 1. The van der Waals surface area contributed by atoms with Crippen molar-refractivity contribution in [1.82, 2.24) is 19.8 Å². The van der Waals surface area contributed by atoms with E-state index in [9.17, 15) is 24.8 Å². The van der Waals surface area contributed by atoms with Crippen molar-refractivity contribution in [2.24, 2.45) is 11.0 Å². The van der Waals surface area contributed by atoms with Crippen LogP contribution in [0.3, 0.4) is 0 Å². The van der Waals surface area contributed by atoms with Crippen molar-refractivity contribution in [1.29, 1.82) is 5.26 Å². The maximum Gasteiger partial charge on any atom is 0.510 e. The number of nitrogens with zero attached hydrogens (tertiary/aromatic N) is 5. The molecule has 1 aromatic heterocycles. The largest absolute Gasteiger partial charge is 0.510 e.